The molecule has 0 saturated heterocycles. The lowest BCUT2D eigenvalue weighted by Gasteiger charge is -2.26. The Balaban J connectivity index is 1.73. The van der Waals surface area contributed by atoms with Gasteiger partial charge in [-0.2, -0.15) is 0 Å². The number of benzene rings is 2. The molecule has 3 aromatic rings. The van der Waals surface area contributed by atoms with Crippen LogP contribution in [-0.2, 0) is 4.79 Å². The molecule has 39 heavy (non-hydrogen) atoms. The van der Waals surface area contributed by atoms with Gasteiger partial charge in [-0.1, -0.05) is 82.5 Å². The van der Waals surface area contributed by atoms with E-state index in [9.17, 15) is 4.79 Å². The summed E-state index contributed by atoms with van der Waals surface area (Å²) in [5.41, 5.74) is 6.62. The van der Waals surface area contributed by atoms with Gasteiger partial charge in [0.15, 0.2) is 0 Å². The third-order valence-corrected chi connectivity index (χ3v) is 8.01. The predicted molar refractivity (Wildman–Crippen MR) is 161 cm³/mol. The van der Waals surface area contributed by atoms with Gasteiger partial charge in [0.05, 0.1) is 12.3 Å². The number of nitrogens with zero attached hydrogens (tertiary/aromatic N) is 2. The summed E-state index contributed by atoms with van der Waals surface area (Å²) in [6.45, 7) is 10.1. The Hall–Kier alpha value is -3.47. The SMILES string of the molecule is CCC/C(=C(/c1ccccc1)c1c(C)ncnc1NC[C@@H]1CCC1=O)c1ccc(OCCC(CC)CC)cc1. The summed E-state index contributed by atoms with van der Waals surface area (Å²) in [5.74, 6) is 2.83. The Labute approximate surface area is 234 Å². The minimum Gasteiger partial charge on any atom is -0.494 e. The van der Waals surface area contributed by atoms with E-state index in [1.165, 1.54) is 24.0 Å². The summed E-state index contributed by atoms with van der Waals surface area (Å²) >= 11 is 0. The number of aryl methyl sites for hydroxylation is 1. The van der Waals surface area contributed by atoms with E-state index in [1.807, 2.05) is 13.0 Å². The van der Waals surface area contributed by atoms with Crippen molar-refractivity contribution < 1.29 is 9.53 Å². The summed E-state index contributed by atoms with van der Waals surface area (Å²) in [4.78, 5) is 21.3. The molecule has 1 atom stereocenters. The van der Waals surface area contributed by atoms with E-state index in [2.05, 4.69) is 84.6 Å². The predicted octanol–water partition coefficient (Wildman–Crippen LogP) is 8.14. The highest BCUT2D eigenvalue weighted by Crippen LogP contribution is 2.39. The number of ketones is 1. The smallest absolute Gasteiger partial charge is 0.137 e. The van der Waals surface area contributed by atoms with E-state index in [1.54, 1.807) is 6.33 Å². The Bertz CT molecular complexity index is 1250. The zero-order valence-electron chi connectivity index (χ0n) is 24.0. The number of carbonyl (C=O) groups excluding carboxylic acids is 1. The molecule has 1 aliphatic rings. The van der Waals surface area contributed by atoms with Crippen molar-refractivity contribution in [1.29, 1.82) is 0 Å². The molecule has 1 aromatic heterocycles. The summed E-state index contributed by atoms with van der Waals surface area (Å²) in [6.07, 6.45) is 8.64. The minimum absolute atomic E-state index is 0.0739. The van der Waals surface area contributed by atoms with Gasteiger partial charge < -0.3 is 10.1 Å². The molecule has 1 fully saturated rings. The molecule has 1 heterocycles. The standard InChI is InChI=1S/C34H43N3O2/c1-5-11-30(26-14-17-29(18-15-26)39-21-20-25(6-2)7-3)33(27-12-9-8-10-13-27)32-24(4)36-23-37-34(32)35-22-28-16-19-31(28)38/h8-10,12-15,17-18,23,25,28H,5-7,11,16,19-22H2,1-4H3,(H,35,36,37)/b33-30+/t28-/m0/s1. The monoisotopic (exact) mass is 525 g/mol. The van der Waals surface area contributed by atoms with Gasteiger partial charge in [0, 0.05) is 24.4 Å². The van der Waals surface area contributed by atoms with Crippen LogP contribution in [-0.4, -0.2) is 28.9 Å². The van der Waals surface area contributed by atoms with E-state index in [0.717, 1.165) is 72.2 Å². The average Bonchev–Trinajstić information content (AvgIpc) is 2.96. The summed E-state index contributed by atoms with van der Waals surface area (Å²) < 4.78 is 6.11. The average molecular weight is 526 g/mol. The molecule has 1 N–H and O–H groups in total. The molecule has 206 valence electrons. The number of carbonyl (C=O) groups is 1. The molecule has 5 nitrogen and oxygen atoms in total. The van der Waals surface area contributed by atoms with Crippen molar-refractivity contribution >= 4 is 22.7 Å². The maximum atomic E-state index is 12.0. The Morgan fingerprint density at radius 2 is 1.74 bits per heavy atom. The molecule has 5 heteroatoms. The molecule has 4 rings (SSSR count). The fourth-order valence-corrected chi connectivity index (χ4v) is 5.34. The van der Waals surface area contributed by atoms with Crippen molar-refractivity contribution in [2.75, 3.05) is 18.5 Å². The van der Waals surface area contributed by atoms with E-state index in [0.29, 0.717) is 18.7 Å². The van der Waals surface area contributed by atoms with Crippen molar-refractivity contribution in [3.05, 3.63) is 83.3 Å². The van der Waals surface area contributed by atoms with Crippen LogP contribution in [0.1, 0.15) is 88.1 Å². The number of Topliss-reactive ketones (excluding diaryl/α,β-unsaturated/α-hetero) is 1. The number of nitrogens with one attached hydrogen (secondary N) is 1. The molecule has 0 radical (unpaired) electrons. The highest BCUT2D eigenvalue weighted by Gasteiger charge is 2.28. The summed E-state index contributed by atoms with van der Waals surface area (Å²) in [6, 6.07) is 19.1. The zero-order valence-corrected chi connectivity index (χ0v) is 24.0. The lowest BCUT2D eigenvalue weighted by atomic mass is 9.83. The first-order valence-corrected chi connectivity index (χ1v) is 14.7. The number of anilines is 1. The van der Waals surface area contributed by atoms with Gasteiger partial charge in [-0.05, 0) is 66.5 Å². The first-order valence-electron chi connectivity index (χ1n) is 14.7. The van der Waals surface area contributed by atoms with Gasteiger partial charge in [-0.25, -0.2) is 9.97 Å². The Morgan fingerprint density at radius 3 is 2.36 bits per heavy atom. The normalized spacial score (nSPS) is 15.6. The molecule has 0 spiro atoms. The maximum absolute atomic E-state index is 12.0. The molecule has 2 aromatic carbocycles. The van der Waals surface area contributed by atoms with Gasteiger partial charge in [-0.15, -0.1) is 0 Å². The molecular formula is C34H43N3O2. The number of allylic oxidation sites excluding steroid dienone is 1. The van der Waals surface area contributed by atoms with Gasteiger partial charge in [0.25, 0.3) is 0 Å². The van der Waals surface area contributed by atoms with Crippen LogP contribution in [0.3, 0.4) is 0 Å². The van der Waals surface area contributed by atoms with E-state index < -0.39 is 0 Å². The van der Waals surface area contributed by atoms with Crippen LogP contribution in [0.5, 0.6) is 5.75 Å². The van der Waals surface area contributed by atoms with E-state index in [-0.39, 0.29) is 5.92 Å². The van der Waals surface area contributed by atoms with E-state index in [4.69, 9.17) is 4.74 Å². The molecule has 0 bridgehead atoms. The van der Waals surface area contributed by atoms with Crippen molar-refractivity contribution in [2.24, 2.45) is 11.8 Å². The van der Waals surface area contributed by atoms with Crippen LogP contribution in [0.4, 0.5) is 5.82 Å². The van der Waals surface area contributed by atoms with Crippen molar-refractivity contribution in [3.63, 3.8) is 0 Å². The van der Waals surface area contributed by atoms with Crippen LogP contribution >= 0.6 is 0 Å². The third-order valence-electron chi connectivity index (χ3n) is 8.01. The summed E-state index contributed by atoms with van der Waals surface area (Å²) in [5, 5.41) is 3.51. The van der Waals surface area contributed by atoms with Crippen molar-refractivity contribution in [2.45, 2.75) is 72.6 Å². The van der Waals surface area contributed by atoms with Crippen molar-refractivity contribution in [3.8, 4) is 5.75 Å². The number of aromatic nitrogens is 2. The molecule has 1 aliphatic carbocycles. The largest absolute Gasteiger partial charge is 0.494 e. The molecule has 0 amide bonds. The number of rotatable bonds is 14. The second-order valence-electron chi connectivity index (χ2n) is 10.6. The third kappa shape index (κ3) is 7.14. The number of ether oxygens (including phenoxy) is 1. The number of hydrogen-bond acceptors (Lipinski definition) is 5. The fourth-order valence-electron chi connectivity index (χ4n) is 5.34. The van der Waals surface area contributed by atoms with E-state index >= 15 is 0 Å². The molecule has 0 aliphatic heterocycles. The summed E-state index contributed by atoms with van der Waals surface area (Å²) in [7, 11) is 0. The highest BCUT2D eigenvalue weighted by atomic mass is 16.5. The van der Waals surface area contributed by atoms with Crippen molar-refractivity contribution in [1.82, 2.24) is 9.97 Å². The second kappa shape index (κ2) is 14.1. The minimum atomic E-state index is 0.0739. The quantitative estimate of drug-likeness (QED) is 0.215. The topological polar surface area (TPSA) is 64.1 Å². The molecule has 0 unspecified atom stereocenters. The van der Waals surface area contributed by atoms with Gasteiger partial charge in [-0.3, -0.25) is 4.79 Å². The van der Waals surface area contributed by atoms with Crippen LogP contribution in [0, 0.1) is 18.8 Å². The number of hydrogen-bond donors (Lipinski definition) is 1. The maximum Gasteiger partial charge on any atom is 0.137 e. The molecule has 1 saturated carbocycles. The highest BCUT2D eigenvalue weighted by molar-refractivity contribution is 6.01. The van der Waals surface area contributed by atoms with Crippen LogP contribution < -0.4 is 10.1 Å². The van der Waals surface area contributed by atoms with Crippen LogP contribution in [0.15, 0.2) is 60.9 Å². The zero-order chi connectivity index (χ0) is 27.6. The first-order chi connectivity index (χ1) is 19.0. The second-order valence-corrected chi connectivity index (χ2v) is 10.6. The lowest BCUT2D eigenvalue weighted by Crippen LogP contribution is -2.32. The van der Waals surface area contributed by atoms with Crippen LogP contribution in [0.25, 0.3) is 11.1 Å². The first kappa shape index (κ1) is 28.5. The lowest BCUT2D eigenvalue weighted by molar-refractivity contribution is -0.128. The Morgan fingerprint density at radius 1 is 1.00 bits per heavy atom. The van der Waals surface area contributed by atoms with Gasteiger partial charge in [0.2, 0.25) is 0 Å². The Kier molecular flexibility index (Phi) is 10.3. The van der Waals surface area contributed by atoms with Gasteiger partial charge in [0.1, 0.15) is 23.7 Å². The fraction of sp³-hybridized carbons (Fsp3) is 0.441. The van der Waals surface area contributed by atoms with Crippen LogP contribution in [0.2, 0.25) is 0 Å². The molecular weight excluding hydrogens is 482 g/mol. The van der Waals surface area contributed by atoms with Gasteiger partial charge >= 0.3 is 0 Å².